The predicted molar refractivity (Wildman–Crippen MR) is 91.9 cm³/mol. The molecule has 0 aliphatic carbocycles. The van der Waals surface area contributed by atoms with E-state index in [4.69, 9.17) is 28.4 Å². The van der Waals surface area contributed by atoms with Crippen LogP contribution >= 0.6 is 0 Å². The maximum absolute atomic E-state index is 11.6. The van der Waals surface area contributed by atoms with Crippen LogP contribution in [-0.4, -0.2) is 101 Å². The molecule has 1 fully saturated rings. The van der Waals surface area contributed by atoms with Crippen LogP contribution in [0.25, 0.3) is 0 Å². The zero-order chi connectivity index (χ0) is 19.8. The van der Waals surface area contributed by atoms with Gasteiger partial charge in [-0.2, -0.15) is 0 Å². The summed E-state index contributed by atoms with van der Waals surface area (Å²) in [6, 6.07) is 0. The van der Waals surface area contributed by atoms with Crippen molar-refractivity contribution in [2.45, 2.75) is 12.8 Å². The zero-order valence-corrected chi connectivity index (χ0v) is 15.6. The van der Waals surface area contributed by atoms with E-state index in [1.165, 1.54) is 0 Å². The van der Waals surface area contributed by atoms with E-state index in [9.17, 15) is 19.8 Å². The fourth-order valence-corrected chi connectivity index (χ4v) is 2.34. The molecule has 10 heteroatoms. The van der Waals surface area contributed by atoms with E-state index in [2.05, 4.69) is 0 Å². The SMILES string of the molecule is O=C(O)C1(C(=O)O)CCOCCOCCOCCOCCOCCOCC1. The number of hydrogen-bond donors (Lipinski definition) is 2. The summed E-state index contributed by atoms with van der Waals surface area (Å²) in [5.74, 6) is -2.80. The van der Waals surface area contributed by atoms with Crippen molar-refractivity contribution in [3.8, 4) is 0 Å². The molecule has 0 radical (unpaired) electrons. The van der Waals surface area contributed by atoms with Gasteiger partial charge in [-0.3, -0.25) is 9.59 Å². The van der Waals surface area contributed by atoms with Crippen molar-refractivity contribution in [3.63, 3.8) is 0 Å². The van der Waals surface area contributed by atoms with Crippen LogP contribution in [0.15, 0.2) is 0 Å². The molecule has 0 atom stereocenters. The van der Waals surface area contributed by atoms with Crippen molar-refractivity contribution in [1.29, 1.82) is 0 Å². The molecule has 2 N–H and O–H groups in total. The Morgan fingerprint density at radius 1 is 0.481 bits per heavy atom. The average molecular weight is 394 g/mol. The molecule has 0 spiro atoms. The first-order chi connectivity index (χ1) is 13.1. The molecule has 0 aromatic carbocycles. The minimum absolute atomic E-state index is 0.00108. The quantitative estimate of drug-likeness (QED) is 0.619. The molecule has 1 rings (SSSR count). The summed E-state index contributed by atoms with van der Waals surface area (Å²) in [7, 11) is 0. The molecule has 0 saturated carbocycles. The molecule has 10 nitrogen and oxygen atoms in total. The average Bonchev–Trinajstić information content (AvgIpc) is 2.63. The topological polar surface area (TPSA) is 130 Å². The fraction of sp³-hybridized carbons (Fsp3) is 0.882. The maximum atomic E-state index is 11.6. The Balaban J connectivity index is 2.48. The summed E-state index contributed by atoms with van der Waals surface area (Å²) < 4.78 is 31.9. The number of rotatable bonds is 2. The lowest BCUT2D eigenvalue weighted by Crippen LogP contribution is -2.41. The van der Waals surface area contributed by atoms with Gasteiger partial charge in [0.25, 0.3) is 0 Å². The second-order valence-corrected chi connectivity index (χ2v) is 5.87. The Kier molecular flexibility index (Phi) is 12.9. The monoisotopic (exact) mass is 394 g/mol. The summed E-state index contributed by atoms with van der Waals surface area (Å²) in [5, 5.41) is 18.9. The minimum atomic E-state index is -1.94. The van der Waals surface area contributed by atoms with E-state index < -0.39 is 17.4 Å². The van der Waals surface area contributed by atoms with Crippen LogP contribution in [0, 0.1) is 5.41 Å². The van der Waals surface area contributed by atoms with Gasteiger partial charge in [0.15, 0.2) is 5.41 Å². The Morgan fingerprint density at radius 3 is 0.926 bits per heavy atom. The Labute approximate surface area is 158 Å². The number of ether oxygens (including phenoxy) is 6. The largest absolute Gasteiger partial charge is 0.480 e. The van der Waals surface area contributed by atoms with Crippen LogP contribution in [0.5, 0.6) is 0 Å². The molecule has 0 unspecified atom stereocenters. The molecule has 0 aromatic rings. The number of carboxylic acids is 2. The van der Waals surface area contributed by atoms with E-state index in [1.807, 2.05) is 0 Å². The first-order valence-electron chi connectivity index (χ1n) is 9.03. The maximum Gasteiger partial charge on any atom is 0.321 e. The van der Waals surface area contributed by atoms with Crippen molar-refractivity contribution in [2.75, 3.05) is 79.3 Å². The molecule has 158 valence electrons. The van der Waals surface area contributed by atoms with Crippen LogP contribution < -0.4 is 0 Å². The van der Waals surface area contributed by atoms with E-state index in [0.717, 1.165) is 0 Å². The zero-order valence-electron chi connectivity index (χ0n) is 15.6. The number of carboxylic acid groups (broad SMARTS) is 2. The van der Waals surface area contributed by atoms with Gasteiger partial charge in [-0.05, 0) is 12.8 Å². The minimum Gasteiger partial charge on any atom is -0.480 e. The summed E-state index contributed by atoms with van der Waals surface area (Å²) in [6.45, 7) is 3.70. The molecule has 0 aromatic heterocycles. The van der Waals surface area contributed by atoms with Gasteiger partial charge in [0.2, 0.25) is 0 Å². The Bertz CT molecular complexity index is 377. The van der Waals surface area contributed by atoms with Gasteiger partial charge in [-0.15, -0.1) is 0 Å². The highest BCUT2D eigenvalue weighted by Gasteiger charge is 2.45. The summed E-state index contributed by atoms with van der Waals surface area (Å²) in [5.41, 5.74) is -1.94. The van der Waals surface area contributed by atoms with Gasteiger partial charge < -0.3 is 38.6 Å². The molecular formula is C17H30O10. The van der Waals surface area contributed by atoms with Crippen LogP contribution in [0.3, 0.4) is 0 Å². The standard InChI is InChI=1S/C17H30O10/c18-15(19)17(16(20)21)1-3-22-5-7-24-9-11-26-13-14-27-12-10-25-8-6-23-4-2-17/h1-14H2,(H,18,19)(H,20,21). The predicted octanol–water partition coefficient (Wildman–Crippen LogP) is 0.0354. The van der Waals surface area contributed by atoms with Crippen molar-refractivity contribution >= 4 is 11.9 Å². The van der Waals surface area contributed by atoms with Gasteiger partial charge in [-0.1, -0.05) is 0 Å². The molecule has 1 aliphatic rings. The van der Waals surface area contributed by atoms with Crippen molar-refractivity contribution < 1.29 is 48.2 Å². The van der Waals surface area contributed by atoms with Crippen LogP contribution in [-0.2, 0) is 38.0 Å². The lowest BCUT2D eigenvalue weighted by atomic mass is 9.81. The third-order valence-corrected chi connectivity index (χ3v) is 4.03. The highest BCUT2D eigenvalue weighted by molar-refractivity contribution is 5.98. The van der Waals surface area contributed by atoms with Gasteiger partial charge in [0.1, 0.15) is 0 Å². The highest BCUT2D eigenvalue weighted by Crippen LogP contribution is 2.28. The van der Waals surface area contributed by atoms with Crippen molar-refractivity contribution in [2.24, 2.45) is 5.41 Å². The Hall–Kier alpha value is -1.30. The second kappa shape index (κ2) is 14.7. The summed E-state index contributed by atoms with van der Waals surface area (Å²) in [4.78, 5) is 23.2. The lowest BCUT2D eigenvalue weighted by Gasteiger charge is -2.24. The number of carbonyl (C=O) groups is 2. The highest BCUT2D eigenvalue weighted by atomic mass is 16.6. The molecule has 1 saturated heterocycles. The normalized spacial score (nSPS) is 23.0. The summed E-state index contributed by atoms with van der Waals surface area (Å²) >= 11 is 0. The van der Waals surface area contributed by atoms with Crippen LogP contribution in [0.4, 0.5) is 0 Å². The first-order valence-corrected chi connectivity index (χ1v) is 9.03. The number of hydrogen-bond acceptors (Lipinski definition) is 8. The third kappa shape index (κ3) is 9.99. The smallest absolute Gasteiger partial charge is 0.321 e. The van der Waals surface area contributed by atoms with Crippen LogP contribution in [0.1, 0.15) is 12.8 Å². The van der Waals surface area contributed by atoms with Gasteiger partial charge in [0, 0.05) is 13.2 Å². The molecule has 1 aliphatic heterocycles. The fourth-order valence-electron chi connectivity index (χ4n) is 2.34. The van der Waals surface area contributed by atoms with Gasteiger partial charge in [-0.25, -0.2) is 0 Å². The van der Waals surface area contributed by atoms with Gasteiger partial charge in [0.05, 0.1) is 66.1 Å². The van der Waals surface area contributed by atoms with Crippen molar-refractivity contribution in [3.05, 3.63) is 0 Å². The molecule has 0 bridgehead atoms. The number of aliphatic carboxylic acids is 2. The molecule has 1 heterocycles. The molecule has 0 amide bonds. The van der Waals surface area contributed by atoms with Crippen LogP contribution in [0.2, 0.25) is 0 Å². The summed E-state index contributed by atoms with van der Waals surface area (Å²) in [6.07, 6.45) is -0.310. The van der Waals surface area contributed by atoms with E-state index >= 15 is 0 Å². The second-order valence-electron chi connectivity index (χ2n) is 5.87. The van der Waals surface area contributed by atoms with E-state index in [1.54, 1.807) is 0 Å². The lowest BCUT2D eigenvalue weighted by molar-refractivity contribution is -0.168. The molecule has 27 heavy (non-hydrogen) atoms. The first kappa shape index (κ1) is 23.7. The third-order valence-electron chi connectivity index (χ3n) is 4.03. The van der Waals surface area contributed by atoms with Gasteiger partial charge >= 0.3 is 11.9 Å². The Morgan fingerprint density at radius 2 is 0.704 bits per heavy atom. The molecular weight excluding hydrogens is 364 g/mol. The van der Waals surface area contributed by atoms with E-state index in [-0.39, 0.29) is 39.3 Å². The van der Waals surface area contributed by atoms with E-state index in [0.29, 0.717) is 52.9 Å². The van der Waals surface area contributed by atoms with Crippen molar-refractivity contribution in [1.82, 2.24) is 0 Å².